The van der Waals surface area contributed by atoms with Crippen molar-refractivity contribution in [1.29, 1.82) is 0 Å². The molecule has 0 atom stereocenters. The van der Waals surface area contributed by atoms with Crippen molar-refractivity contribution in [3.05, 3.63) is 54.1 Å². The molecule has 8 nitrogen and oxygen atoms in total. The molecule has 0 bridgehead atoms. The second kappa shape index (κ2) is 12.7. The fourth-order valence-corrected chi connectivity index (χ4v) is 3.03. The lowest BCUT2D eigenvalue weighted by atomic mass is 10.3. The Balaban J connectivity index is 2.10. The summed E-state index contributed by atoms with van der Waals surface area (Å²) in [6.07, 6.45) is 2.48. The lowest BCUT2D eigenvalue weighted by Crippen LogP contribution is -2.45. The normalized spacial score (nSPS) is 10.7. The molecule has 1 aromatic carbocycles. The van der Waals surface area contributed by atoms with E-state index in [1.165, 1.54) is 23.1 Å². The van der Waals surface area contributed by atoms with E-state index in [4.69, 9.17) is 9.47 Å². The fourth-order valence-electron chi connectivity index (χ4n) is 3.03. The number of amides is 3. The number of ether oxygens (including phenoxy) is 2. The largest absolute Gasteiger partial charge is 0.385 e. The van der Waals surface area contributed by atoms with Crippen LogP contribution in [0.3, 0.4) is 0 Å². The fraction of sp³-hybridized carbons (Fsp3) is 0.455. The molecule has 1 aromatic heterocycles. The minimum Gasteiger partial charge on any atom is -0.385 e. The highest BCUT2D eigenvalue weighted by atomic mass is 19.1. The number of anilines is 1. The molecule has 0 unspecified atom stereocenters. The standard InChI is InChI=1S/C22H31FN4O4/c1-25-10-5-9-20(25)16-26(12-14-31-3)21(28)17-27(11-6-13-30-2)22(29)24-19-8-4-7-18(23)15-19/h4-5,7-10,15H,6,11-14,16-17H2,1-3H3,(H,24,29). The Morgan fingerprint density at radius 1 is 1.06 bits per heavy atom. The quantitative estimate of drug-likeness (QED) is 0.521. The van der Waals surface area contributed by atoms with Gasteiger partial charge < -0.3 is 29.2 Å². The molecule has 3 amide bonds. The summed E-state index contributed by atoms with van der Waals surface area (Å²) in [5.41, 5.74) is 1.30. The SMILES string of the molecule is COCCCN(CC(=O)N(CCOC)Cc1cccn1C)C(=O)Nc1cccc(F)c1. The van der Waals surface area contributed by atoms with Gasteiger partial charge in [0.15, 0.2) is 0 Å². The van der Waals surface area contributed by atoms with Crippen molar-refractivity contribution in [3.63, 3.8) is 0 Å². The Morgan fingerprint density at radius 2 is 1.84 bits per heavy atom. The van der Waals surface area contributed by atoms with Crippen LogP contribution in [0.2, 0.25) is 0 Å². The number of rotatable bonds is 12. The Labute approximate surface area is 182 Å². The average molecular weight is 435 g/mol. The number of hydrogen-bond donors (Lipinski definition) is 1. The number of aryl methyl sites for hydroxylation is 1. The van der Waals surface area contributed by atoms with Crippen LogP contribution in [0.5, 0.6) is 0 Å². The van der Waals surface area contributed by atoms with Gasteiger partial charge in [0, 0.05) is 58.5 Å². The maximum absolute atomic E-state index is 13.5. The number of carbonyl (C=O) groups excluding carboxylic acids is 2. The number of halogens is 1. The second-order valence-electron chi connectivity index (χ2n) is 7.13. The predicted molar refractivity (Wildman–Crippen MR) is 116 cm³/mol. The van der Waals surface area contributed by atoms with E-state index in [2.05, 4.69) is 5.32 Å². The van der Waals surface area contributed by atoms with Crippen LogP contribution in [0.25, 0.3) is 0 Å². The van der Waals surface area contributed by atoms with E-state index >= 15 is 0 Å². The van der Waals surface area contributed by atoms with Crippen molar-refractivity contribution in [1.82, 2.24) is 14.4 Å². The number of nitrogens with zero attached hydrogens (tertiary/aromatic N) is 3. The lowest BCUT2D eigenvalue weighted by molar-refractivity contribution is -0.133. The minimum atomic E-state index is -0.472. The minimum absolute atomic E-state index is 0.112. The van der Waals surface area contributed by atoms with Gasteiger partial charge in [-0.05, 0) is 36.8 Å². The number of aromatic nitrogens is 1. The highest BCUT2D eigenvalue weighted by molar-refractivity contribution is 5.92. The van der Waals surface area contributed by atoms with Gasteiger partial charge in [0.2, 0.25) is 5.91 Å². The molecule has 0 aliphatic rings. The van der Waals surface area contributed by atoms with Crippen LogP contribution < -0.4 is 5.32 Å². The second-order valence-corrected chi connectivity index (χ2v) is 7.13. The average Bonchev–Trinajstić information content (AvgIpc) is 3.14. The summed E-state index contributed by atoms with van der Waals surface area (Å²) in [5.74, 6) is -0.654. The van der Waals surface area contributed by atoms with Crippen LogP contribution in [0.4, 0.5) is 14.9 Å². The molecule has 0 fully saturated rings. The summed E-state index contributed by atoms with van der Waals surface area (Å²) in [4.78, 5) is 29.0. The topological polar surface area (TPSA) is 76.0 Å². The number of nitrogens with one attached hydrogen (secondary N) is 1. The highest BCUT2D eigenvalue weighted by Crippen LogP contribution is 2.11. The third-order valence-electron chi connectivity index (χ3n) is 4.79. The third kappa shape index (κ3) is 8.03. The summed E-state index contributed by atoms with van der Waals surface area (Å²) in [6.45, 7) is 1.85. The zero-order valence-electron chi connectivity index (χ0n) is 18.3. The molecular weight excluding hydrogens is 403 g/mol. The molecule has 1 N–H and O–H groups in total. The Bertz CT molecular complexity index is 842. The molecule has 31 heavy (non-hydrogen) atoms. The zero-order chi connectivity index (χ0) is 22.6. The van der Waals surface area contributed by atoms with Gasteiger partial charge in [-0.15, -0.1) is 0 Å². The summed E-state index contributed by atoms with van der Waals surface area (Å²) < 4.78 is 25.6. The van der Waals surface area contributed by atoms with E-state index < -0.39 is 11.8 Å². The number of carbonyl (C=O) groups is 2. The van der Waals surface area contributed by atoms with Gasteiger partial charge in [-0.1, -0.05) is 6.07 Å². The number of urea groups is 1. The maximum atomic E-state index is 13.5. The van der Waals surface area contributed by atoms with Crippen molar-refractivity contribution in [2.24, 2.45) is 7.05 Å². The molecule has 2 rings (SSSR count). The van der Waals surface area contributed by atoms with E-state index in [1.54, 1.807) is 25.2 Å². The van der Waals surface area contributed by atoms with Crippen LogP contribution >= 0.6 is 0 Å². The van der Waals surface area contributed by atoms with Crippen molar-refractivity contribution in [2.75, 3.05) is 52.4 Å². The van der Waals surface area contributed by atoms with E-state index in [9.17, 15) is 14.0 Å². The van der Waals surface area contributed by atoms with Gasteiger partial charge >= 0.3 is 6.03 Å². The van der Waals surface area contributed by atoms with Gasteiger partial charge in [-0.2, -0.15) is 0 Å². The van der Waals surface area contributed by atoms with E-state index in [0.29, 0.717) is 45.0 Å². The van der Waals surface area contributed by atoms with Crippen LogP contribution in [-0.4, -0.2) is 73.4 Å². The first-order valence-corrected chi connectivity index (χ1v) is 10.1. The van der Waals surface area contributed by atoms with Gasteiger partial charge in [0.25, 0.3) is 0 Å². The lowest BCUT2D eigenvalue weighted by Gasteiger charge is -2.28. The summed E-state index contributed by atoms with van der Waals surface area (Å²) in [6, 6.07) is 9.02. The van der Waals surface area contributed by atoms with Crippen molar-refractivity contribution in [3.8, 4) is 0 Å². The summed E-state index contributed by atoms with van der Waals surface area (Å²) in [7, 11) is 5.07. The Hall–Kier alpha value is -2.91. The molecule has 0 radical (unpaired) electrons. The number of benzene rings is 1. The molecule has 170 valence electrons. The molecule has 0 saturated heterocycles. The van der Waals surface area contributed by atoms with Gasteiger partial charge in [-0.3, -0.25) is 4.79 Å². The Kier molecular flexibility index (Phi) is 9.99. The van der Waals surface area contributed by atoms with E-state index in [-0.39, 0.29) is 12.5 Å². The van der Waals surface area contributed by atoms with Gasteiger partial charge in [0.1, 0.15) is 12.4 Å². The van der Waals surface area contributed by atoms with Crippen LogP contribution in [0.1, 0.15) is 12.1 Å². The smallest absolute Gasteiger partial charge is 0.322 e. The van der Waals surface area contributed by atoms with Crippen LogP contribution in [-0.2, 0) is 27.9 Å². The van der Waals surface area contributed by atoms with Gasteiger partial charge in [0.05, 0.1) is 13.2 Å². The molecule has 0 spiro atoms. The summed E-state index contributed by atoms with van der Waals surface area (Å²) in [5, 5.41) is 2.66. The van der Waals surface area contributed by atoms with Crippen LogP contribution in [0.15, 0.2) is 42.6 Å². The maximum Gasteiger partial charge on any atom is 0.322 e. The molecule has 2 aromatic rings. The predicted octanol–water partition coefficient (Wildman–Crippen LogP) is 2.71. The molecular formula is C22H31FN4O4. The first-order valence-electron chi connectivity index (χ1n) is 10.1. The van der Waals surface area contributed by atoms with Gasteiger partial charge in [-0.25, -0.2) is 9.18 Å². The monoisotopic (exact) mass is 434 g/mol. The third-order valence-corrected chi connectivity index (χ3v) is 4.79. The van der Waals surface area contributed by atoms with Crippen molar-refractivity contribution in [2.45, 2.75) is 13.0 Å². The van der Waals surface area contributed by atoms with E-state index in [1.807, 2.05) is 29.9 Å². The van der Waals surface area contributed by atoms with Crippen molar-refractivity contribution >= 4 is 17.6 Å². The molecule has 0 aliphatic carbocycles. The van der Waals surface area contributed by atoms with Crippen LogP contribution in [0, 0.1) is 5.82 Å². The molecule has 9 heteroatoms. The Morgan fingerprint density at radius 3 is 2.48 bits per heavy atom. The highest BCUT2D eigenvalue weighted by Gasteiger charge is 2.22. The number of hydrogen-bond acceptors (Lipinski definition) is 4. The van der Waals surface area contributed by atoms with Crippen molar-refractivity contribution < 1.29 is 23.5 Å². The zero-order valence-corrected chi connectivity index (χ0v) is 18.3. The first kappa shape index (κ1) is 24.4. The molecule has 0 saturated carbocycles. The molecule has 1 heterocycles. The molecule has 0 aliphatic heterocycles. The number of methoxy groups -OCH3 is 2. The first-order chi connectivity index (χ1) is 14.9. The van der Waals surface area contributed by atoms with E-state index in [0.717, 1.165) is 5.69 Å². The summed E-state index contributed by atoms with van der Waals surface area (Å²) >= 11 is 0.